The standard InChI is InChI=1S/C13H14O5/c1-2-10-12(15)18-11(13(16)17-10)7-8-3-5-9(14)6-4-8/h3-6,10-11,14H,2,7H2,1H3/t10?,11-/m1/s1. The van der Waals surface area contributed by atoms with Crippen molar-refractivity contribution in [2.24, 2.45) is 0 Å². The van der Waals surface area contributed by atoms with E-state index >= 15 is 0 Å². The summed E-state index contributed by atoms with van der Waals surface area (Å²) in [6, 6.07) is 6.37. The summed E-state index contributed by atoms with van der Waals surface area (Å²) in [7, 11) is 0. The Hall–Kier alpha value is -2.04. The van der Waals surface area contributed by atoms with Gasteiger partial charge in [0.05, 0.1) is 0 Å². The average molecular weight is 250 g/mol. The number of rotatable bonds is 3. The number of benzene rings is 1. The fraction of sp³-hybridized carbons (Fsp3) is 0.385. The topological polar surface area (TPSA) is 72.8 Å². The van der Waals surface area contributed by atoms with Crippen molar-refractivity contribution in [2.75, 3.05) is 0 Å². The van der Waals surface area contributed by atoms with E-state index in [0.717, 1.165) is 5.56 Å². The van der Waals surface area contributed by atoms with Gasteiger partial charge in [0, 0.05) is 6.42 Å². The van der Waals surface area contributed by atoms with Crippen LogP contribution in [0.2, 0.25) is 0 Å². The molecule has 18 heavy (non-hydrogen) atoms. The molecule has 2 atom stereocenters. The van der Waals surface area contributed by atoms with Crippen LogP contribution in [-0.2, 0) is 25.5 Å². The molecular formula is C13H14O5. The lowest BCUT2D eigenvalue weighted by molar-refractivity contribution is -0.194. The highest BCUT2D eigenvalue weighted by Crippen LogP contribution is 2.18. The van der Waals surface area contributed by atoms with Gasteiger partial charge in [-0.15, -0.1) is 0 Å². The van der Waals surface area contributed by atoms with Crippen LogP contribution in [0.4, 0.5) is 0 Å². The first kappa shape index (κ1) is 12.4. The lowest BCUT2D eigenvalue weighted by Gasteiger charge is -2.26. The molecule has 1 unspecified atom stereocenters. The molecule has 0 radical (unpaired) electrons. The molecule has 1 fully saturated rings. The quantitative estimate of drug-likeness (QED) is 0.815. The maximum Gasteiger partial charge on any atom is 0.348 e. The molecule has 1 aliphatic heterocycles. The molecule has 0 aliphatic carbocycles. The monoisotopic (exact) mass is 250 g/mol. The Morgan fingerprint density at radius 2 is 1.61 bits per heavy atom. The molecule has 1 aliphatic rings. The molecule has 0 spiro atoms. The third-order valence-electron chi connectivity index (χ3n) is 2.77. The summed E-state index contributed by atoms with van der Waals surface area (Å²) in [5, 5.41) is 9.15. The SMILES string of the molecule is CCC1OC(=O)[C@@H](Cc2ccc(O)cc2)OC1=O. The molecular weight excluding hydrogens is 236 g/mol. The van der Waals surface area contributed by atoms with Gasteiger partial charge >= 0.3 is 11.9 Å². The van der Waals surface area contributed by atoms with Gasteiger partial charge in [0.15, 0.2) is 6.10 Å². The number of hydrogen-bond acceptors (Lipinski definition) is 5. The molecule has 1 saturated heterocycles. The van der Waals surface area contributed by atoms with Gasteiger partial charge in [0.1, 0.15) is 5.75 Å². The zero-order valence-electron chi connectivity index (χ0n) is 9.96. The first-order chi connectivity index (χ1) is 8.60. The number of hydrogen-bond donors (Lipinski definition) is 1. The van der Waals surface area contributed by atoms with E-state index in [0.29, 0.717) is 6.42 Å². The van der Waals surface area contributed by atoms with E-state index in [9.17, 15) is 9.59 Å². The van der Waals surface area contributed by atoms with Gasteiger partial charge in [0.2, 0.25) is 6.10 Å². The third-order valence-corrected chi connectivity index (χ3v) is 2.77. The first-order valence-corrected chi connectivity index (χ1v) is 5.79. The maximum atomic E-state index is 11.6. The number of carbonyl (C=O) groups is 2. The zero-order valence-corrected chi connectivity index (χ0v) is 9.96. The molecule has 2 rings (SSSR count). The summed E-state index contributed by atoms with van der Waals surface area (Å²) < 4.78 is 10.1. The molecule has 0 amide bonds. The molecule has 0 bridgehead atoms. The highest BCUT2D eigenvalue weighted by molar-refractivity contribution is 5.87. The van der Waals surface area contributed by atoms with Gasteiger partial charge in [0.25, 0.3) is 0 Å². The van der Waals surface area contributed by atoms with Crippen LogP contribution >= 0.6 is 0 Å². The van der Waals surface area contributed by atoms with Gasteiger partial charge in [-0.25, -0.2) is 9.59 Å². The molecule has 5 nitrogen and oxygen atoms in total. The fourth-order valence-corrected chi connectivity index (χ4v) is 1.75. The van der Waals surface area contributed by atoms with Crippen LogP contribution in [0.15, 0.2) is 24.3 Å². The van der Waals surface area contributed by atoms with Crippen molar-refractivity contribution in [1.29, 1.82) is 0 Å². The van der Waals surface area contributed by atoms with Crippen molar-refractivity contribution in [1.82, 2.24) is 0 Å². The largest absolute Gasteiger partial charge is 0.508 e. The Labute approximate surface area is 104 Å². The normalized spacial score (nSPS) is 23.4. The van der Waals surface area contributed by atoms with Crippen LogP contribution in [-0.4, -0.2) is 29.3 Å². The zero-order chi connectivity index (χ0) is 13.1. The van der Waals surface area contributed by atoms with E-state index in [1.54, 1.807) is 19.1 Å². The Morgan fingerprint density at radius 3 is 2.22 bits per heavy atom. The summed E-state index contributed by atoms with van der Waals surface area (Å²) in [6.07, 6.45) is -1.02. The minimum atomic E-state index is -0.898. The van der Waals surface area contributed by atoms with Crippen LogP contribution in [0.1, 0.15) is 18.9 Å². The highest BCUT2D eigenvalue weighted by atomic mass is 16.6. The second kappa shape index (κ2) is 5.08. The predicted octanol–water partition coefficient (Wildman–Crippen LogP) is 1.18. The van der Waals surface area contributed by atoms with Crippen molar-refractivity contribution in [3.05, 3.63) is 29.8 Å². The fourth-order valence-electron chi connectivity index (χ4n) is 1.75. The van der Waals surface area contributed by atoms with Crippen LogP contribution in [0.3, 0.4) is 0 Å². The lowest BCUT2D eigenvalue weighted by Crippen LogP contribution is -2.44. The number of esters is 2. The Bertz CT molecular complexity index is 451. The minimum absolute atomic E-state index is 0.146. The molecule has 1 aromatic rings. The maximum absolute atomic E-state index is 11.6. The van der Waals surface area contributed by atoms with Gasteiger partial charge in [-0.3, -0.25) is 0 Å². The van der Waals surface area contributed by atoms with Crippen LogP contribution in [0, 0.1) is 0 Å². The summed E-state index contributed by atoms with van der Waals surface area (Å²) >= 11 is 0. The van der Waals surface area contributed by atoms with E-state index in [-0.39, 0.29) is 12.2 Å². The Kier molecular flexibility index (Phi) is 3.50. The molecule has 0 aromatic heterocycles. The number of carbonyl (C=O) groups excluding carboxylic acids is 2. The molecule has 96 valence electrons. The van der Waals surface area contributed by atoms with Crippen molar-refractivity contribution in [3.63, 3.8) is 0 Å². The number of aromatic hydroxyl groups is 1. The van der Waals surface area contributed by atoms with Crippen LogP contribution < -0.4 is 0 Å². The summed E-state index contributed by atoms with van der Waals surface area (Å²) in [4.78, 5) is 23.1. The highest BCUT2D eigenvalue weighted by Gasteiger charge is 2.37. The Balaban J connectivity index is 2.04. The van der Waals surface area contributed by atoms with E-state index < -0.39 is 24.1 Å². The molecule has 1 aromatic carbocycles. The van der Waals surface area contributed by atoms with Gasteiger partial charge < -0.3 is 14.6 Å². The second-order valence-electron chi connectivity index (χ2n) is 4.13. The molecule has 0 saturated carbocycles. The Morgan fingerprint density at radius 1 is 1.06 bits per heavy atom. The van der Waals surface area contributed by atoms with E-state index in [1.165, 1.54) is 12.1 Å². The smallest absolute Gasteiger partial charge is 0.348 e. The van der Waals surface area contributed by atoms with Crippen molar-refractivity contribution >= 4 is 11.9 Å². The van der Waals surface area contributed by atoms with Crippen molar-refractivity contribution in [2.45, 2.75) is 32.0 Å². The van der Waals surface area contributed by atoms with Gasteiger partial charge in [-0.05, 0) is 24.1 Å². The number of phenolic OH excluding ortho intramolecular Hbond substituents is 1. The van der Waals surface area contributed by atoms with Gasteiger partial charge in [-0.2, -0.15) is 0 Å². The van der Waals surface area contributed by atoms with Gasteiger partial charge in [-0.1, -0.05) is 19.1 Å². The van der Waals surface area contributed by atoms with Crippen LogP contribution in [0.5, 0.6) is 5.75 Å². The second-order valence-corrected chi connectivity index (χ2v) is 4.13. The van der Waals surface area contributed by atoms with Crippen LogP contribution in [0.25, 0.3) is 0 Å². The minimum Gasteiger partial charge on any atom is -0.508 e. The third kappa shape index (κ3) is 2.61. The number of ether oxygens (including phenoxy) is 2. The van der Waals surface area contributed by atoms with Crippen molar-refractivity contribution in [3.8, 4) is 5.75 Å². The summed E-state index contributed by atoms with van der Waals surface area (Å²) in [5.74, 6) is -0.872. The molecule has 1 heterocycles. The first-order valence-electron chi connectivity index (χ1n) is 5.79. The molecule has 5 heteroatoms. The van der Waals surface area contributed by atoms with E-state index in [1.807, 2.05) is 0 Å². The van der Waals surface area contributed by atoms with E-state index in [4.69, 9.17) is 14.6 Å². The molecule has 1 N–H and O–H groups in total. The van der Waals surface area contributed by atoms with Crippen molar-refractivity contribution < 1.29 is 24.2 Å². The average Bonchev–Trinajstić information content (AvgIpc) is 2.36. The number of cyclic esters (lactones) is 2. The summed E-state index contributed by atoms with van der Waals surface area (Å²) in [6.45, 7) is 1.75. The number of phenols is 1. The predicted molar refractivity (Wildman–Crippen MR) is 61.9 cm³/mol. The lowest BCUT2D eigenvalue weighted by atomic mass is 10.1. The summed E-state index contributed by atoms with van der Waals surface area (Å²) in [5.41, 5.74) is 0.789. The van der Waals surface area contributed by atoms with E-state index in [2.05, 4.69) is 0 Å².